The smallest absolute Gasteiger partial charge is 0.227 e. The van der Waals surface area contributed by atoms with E-state index in [4.69, 9.17) is 14.4 Å². The van der Waals surface area contributed by atoms with E-state index in [1.165, 1.54) is 5.56 Å². The Kier molecular flexibility index (Phi) is 4.93. The quantitative estimate of drug-likeness (QED) is 0.253. The van der Waals surface area contributed by atoms with Crippen molar-refractivity contribution in [2.45, 2.75) is 19.8 Å². The van der Waals surface area contributed by atoms with Crippen LogP contribution in [-0.2, 0) is 0 Å². The first-order valence-corrected chi connectivity index (χ1v) is 12.6. The molecule has 0 saturated heterocycles. The fraction of sp³-hybridized carbons (Fsp3) is 0.0909. The molecule has 4 aromatic carbocycles. The molecule has 4 heteroatoms. The topological polar surface area (TPSA) is 43.9 Å². The van der Waals surface area contributed by atoms with Crippen LogP contribution in [0.1, 0.15) is 25.3 Å². The van der Waals surface area contributed by atoms with Gasteiger partial charge in [-0.25, -0.2) is 9.97 Å². The molecule has 0 atom stereocenters. The zero-order valence-electron chi connectivity index (χ0n) is 20.7. The highest BCUT2D eigenvalue weighted by molar-refractivity contribution is 6.09. The van der Waals surface area contributed by atoms with Crippen molar-refractivity contribution in [2.75, 3.05) is 0 Å². The minimum absolute atomic E-state index is 0.360. The third-order valence-electron chi connectivity index (χ3n) is 7.02. The van der Waals surface area contributed by atoms with Gasteiger partial charge in [0.2, 0.25) is 5.71 Å². The van der Waals surface area contributed by atoms with Gasteiger partial charge in [0.15, 0.2) is 0 Å². The number of rotatable bonds is 4. The Balaban J connectivity index is 1.52. The molecule has 3 heterocycles. The summed E-state index contributed by atoms with van der Waals surface area (Å²) in [5, 5.41) is 2.04. The molecular weight excluding hydrogens is 454 g/mol. The van der Waals surface area contributed by atoms with Crippen LogP contribution in [0.4, 0.5) is 0 Å². The largest absolute Gasteiger partial charge is 0.437 e. The first-order chi connectivity index (χ1) is 18.2. The number of hydrogen-bond donors (Lipinski definition) is 0. The lowest BCUT2D eigenvalue weighted by Crippen LogP contribution is -2.00. The van der Waals surface area contributed by atoms with Gasteiger partial charge in [-0.3, -0.25) is 4.57 Å². The molecule has 0 N–H and O–H groups in total. The second-order valence-electron chi connectivity index (χ2n) is 9.68. The van der Waals surface area contributed by atoms with Crippen LogP contribution in [0, 0.1) is 0 Å². The van der Waals surface area contributed by atoms with Crippen molar-refractivity contribution in [1.82, 2.24) is 14.5 Å². The minimum atomic E-state index is 0.360. The van der Waals surface area contributed by atoms with Crippen LogP contribution in [0.2, 0.25) is 0 Å². The fourth-order valence-corrected chi connectivity index (χ4v) is 5.25. The van der Waals surface area contributed by atoms with Crippen molar-refractivity contribution in [2.24, 2.45) is 0 Å². The summed E-state index contributed by atoms with van der Waals surface area (Å²) >= 11 is 0. The molecule has 0 aliphatic heterocycles. The first kappa shape index (κ1) is 21.6. The average molecular weight is 480 g/mol. The fourth-order valence-electron chi connectivity index (χ4n) is 5.25. The van der Waals surface area contributed by atoms with Gasteiger partial charge in [-0.2, -0.15) is 0 Å². The number of imidazole rings is 1. The van der Waals surface area contributed by atoms with E-state index in [2.05, 4.69) is 103 Å². The zero-order valence-corrected chi connectivity index (χ0v) is 20.7. The monoisotopic (exact) mass is 479 g/mol. The molecule has 0 saturated carbocycles. The van der Waals surface area contributed by atoms with E-state index in [1.807, 2.05) is 24.3 Å². The second kappa shape index (κ2) is 8.45. The molecular formula is C33H25N3O. The predicted molar refractivity (Wildman–Crippen MR) is 151 cm³/mol. The van der Waals surface area contributed by atoms with E-state index < -0.39 is 0 Å². The average Bonchev–Trinajstić information content (AvgIpc) is 3.52. The number of benzene rings is 4. The lowest BCUT2D eigenvalue weighted by molar-refractivity contribution is 0.655. The van der Waals surface area contributed by atoms with Crippen LogP contribution in [0.3, 0.4) is 0 Å². The number of aromatic nitrogens is 3. The van der Waals surface area contributed by atoms with Crippen LogP contribution in [0.5, 0.6) is 0 Å². The van der Waals surface area contributed by atoms with Gasteiger partial charge in [0.05, 0.1) is 22.3 Å². The lowest BCUT2D eigenvalue weighted by Gasteiger charge is -2.14. The molecule has 4 nitrogen and oxygen atoms in total. The molecule has 0 fully saturated rings. The minimum Gasteiger partial charge on any atom is -0.437 e. The van der Waals surface area contributed by atoms with Gasteiger partial charge >= 0.3 is 0 Å². The molecule has 0 amide bonds. The maximum Gasteiger partial charge on any atom is 0.227 e. The maximum atomic E-state index is 6.50. The van der Waals surface area contributed by atoms with Crippen molar-refractivity contribution in [3.05, 3.63) is 115 Å². The number of nitrogens with zero attached hydrogens (tertiary/aromatic N) is 3. The SMILES string of the molecule is CC(C)c1cccc2nc(-c3cccc4c3oc3nc(-c5ccccc5)ccc34)n(-c3ccccc3)c12. The molecule has 3 aromatic heterocycles. The van der Waals surface area contributed by atoms with E-state index >= 15 is 0 Å². The van der Waals surface area contributed by atoms with E-state index in [0.717, 1.165) is 55.7 Å². The van der Waals surface area contributed by atoms with Crippen molar-refractivity contribution in [1.29, 1.82) is 0 Å². The van der Waals surface area contributed by atoms with Gasteiger partial charge in [0.25, 0.3) is 0 Å². The molecule has 37 heavy (non-hydrogen) atoms. The molecule has 0 spiro atoms. The van der Waals surface area contributed by atoms with Gasteiger partial charge in [-0.15, -0.1) is 0 Å². The Morgan fingerprint density at radius 1 is 0.676 bits per heavy atom. The van der Waals surface area contributed by atoms with Crippen molar-refractivity contribution >= 4 is 33.1 Å². The van der Waals surface area contributed by atoms with E-state index in [1.54, 1.807) is 0 Å². The van der Waals surface area contributed by atoms with Crippen molar-refractivity contribution < 1.29 is 4.42 Å². The highest BCUT2D eigenvalue weighted by atomic mass is 16.3. The first-order valence-electron chi connectivity index (χ1n) is 12.6. The molecule has 0 bridgehead atoms. The van der Waals surface area contributed by atoms with Gasteiger partial charge in [0, 0.05) is 22.0 Å². The Bertz CT molecular complexity index is 1900. The number of furan rings is 1. The van der Waals surface area contributed by atoms with Gasteiger partial charge in [-0.1, -0.05) is 86.6 Å². The van der Waals surface area contributed by atoms with Crippen LogP contribution in [0.25, 0.3) is 61.4 Å². The molecule has 0 unspecified atom stereocenters. The van der Waals surface area contributed by atoms with Gasteiger partial charge < -0.3 is 4.42 Å². The molecule has 0 aliphatic carbocycles. The second-order valence-corrected chi connectivity index (χ2v) is 9.68. The molecule has 178 valence electrons. The highest BCUT2D eigenvalue weighted by Gasteiger charge is 2.22. The summed E-state index contributed by atoms with van der Waals surface area (Å²) in [7, 11) is 0. The summed E-state index contributed by atoms with van der Waals surface area (Å²) in [4.78, 5) is 10.1. The number of hydrogen-bond acceptors (Lipinski definition) is 3. The van der Waals surface area contributed by atoms with Crippen molar-refractivity contribution in [3.8, 4) is 28.3 Å². The zero-order chi connectivity index (χ0) is 24.9. The normalized spacial score (nSPS) is 11.8. The molecule has 7 aromatic rings. The van der Waals surface area contributed by atoms with Gasteiger partial charge in [0.1, 0.15) is 11.4 Å². The Labute approximate surface area is 214 Å². The number of pyridine rings is 1. The third-order valence-corrected chi connectivity index (χ3v) is 7.02. The van der Waals surface area contributed by atoms with Crippen LogP contribution in [-0.4, -0.2) is 14.5 Å². The Morgan fingerprint density at radius 3 is 2.22 bits per heavy atom. The molecule has 7 rings (SSSR count). The summed E-state index contributed by atoms with van der Waals surface area (Å²) in [6.07, 6.45) is 0. The summed E-state index contributed by atoms with van der Waals surface area (Å²) in [6, 6.07) is 37.5. The summed E-state index contributed by atoms with van der Waals surface area (Å²) in [5.41, 5.74) is 8.80. The Morgan fingerprint density at radius 2 is 1.43 bits per heavy atom. The van der Waals surface area contributed by atoms with Crippen LogP contribution >= 0.6 is 0 Å². The van der Waals surface area contributed by atoms with E-state index in [-0.39, 0.29) is 0 Å². The number of fused-ring (bicyclic) bond motifs is 4. The standard InChI is InChI=1S/C33H25N3O/c1-21(2)24-15-10-18-29-30(24)36(23-13-7-4-8-14-23)32(34-29)27-17-9-16-25-26-19-20-28(22-11-5-3-6-12-22)35-33(26)37-31(25)27/h3-21H,1-2H3. The predicted octanol–water partition coefficient (Wildman–Crippen LogP) is 8.78. The third kappa shape index (κ3) is 3.45. The highest BCUT2D eigenvalue weighted by Crippen LogP contribution is 2.39. The summed E-state index contributed by atoms with van der Waals surface area (Å²) in [5.74, 6) is 1.22. The van der Waals surface area contributed by atoms with E-state index in [9.17, 15) is 0 Å². The Hall–Kier alpha value is -4.70. The maximum absolute atomic E-state index is 6.50. The summed E-state index contributed by atoms with van der Waals surface area (Å²) < 4.78 is 8.77. The van der Waals surface area contributed by atoms with Crippen LogP contribution < -0.4 is 0 Å². The van der Waals surface area contributed by atoms with Crippen LogP contribution in [0.15, 0.2) is 114 Å². The lowest BCUT2D eigenvalue weighted by atomic mass is 10.0. The van der Waals surface area contributed by atoms with E-state index in [0.29, 0.717) is 11.6 Å². The summed E-state index contributed by atoms with van der Waals surface area (Å²) in [6.45, 7) is 4.46. The molecule has 0 radical (unpaired) electrons. The van der Waals surface area contributed by atoms with Crippen molar-refractivity contribution in [3.63, 3.8) is 0 Å². The molecule has 0 aliphatic rings. The number of para-hydroxylation sites is 3. The van der Waals surface area contributed by atoms with Gasteiger partial charge in [-0.05, 0) is 47.9 Å².